The van der Waals surface area contributed by atoms with Crippen molar-refractivity contribution < 1.29 is 4.79 Å². The molecule has 1 saturated heterocycles. The second kappa shape index (κ2) is 9.08. The summed E-state index contributed by atoms with van der Waals surface area (Å²) in [5.74, 6) is -0.153. The summed E-state index contributed by atoms with van der Waals surface area (Å²) < 4.78 is 1.46. The molecule has 4 rings (SSSR count). The summed E-state index contributed by atoms with van der Waals surface area (Å²) in [5.41, 5.74) is 3.92. The van der Waals surface area contributed by atoms with Crippen LogP contribution in [0.3, 0.4) is 0 Å². The van der Waals surface area contributed by atoms with Gasteiger partial charge in [-0.05, 0) is 70.8 Å². The third-order valence-corrected chi connectivity index (χ3v) is 7.90. The summed E-state index contributed by atoms with van der Waals surface area (Å²) in [6, 6.07) is 9.76. The molecule has 176 valence electrons. The SMILES string of the molecule is Cc1cc(C)c(CC(NC(=O)c2ccn3cccc3c2)C(C)(Br)N2CC(N(C)C)C2)c(=O)[nH]1. The summed E-state index contributed by atoms with van der Waals surface area (Å²) >= 11 is 3.93. The second-order valence-corrected chi connectivity index (χ2v) is 11.1. The van der Waals surface area contributed by atoms with Gasteiger partial charge in [-0.2, -0.15) is 0 Å². The number of hydrogen-bond donors (Lipinski definition) is 2. The lowest BCUT2D eigenvalue weighted by Crippen LogP contribution is -2.68. The maximum Gasteiger partial charge on any atom is 0.251 e. The van der Waals surface area contributed by atoms with Crippen LogP contribution < -0.4 is 10.9 Å². The molecule has 1 aliphatic rings. The summed E-state index contributed by atoms with van der Waals surface area (Å²) in [6.45, 7) is 7.69. The molecule has 0 saturated carbocycles. The average molecular weight is 514 g/mol. The smallest absolute Gasteiger partial charge is 0.251 e. The van der Waals surface area contributed by atoms with Crippen molar-refractivity contribution in [2.45, 2.75) is 43.7 Å². The number of carbonyl (C=O) groups is 1. The van der Waals surface area contributed by atoms with Gasteiger partial charge in [-0.15, -0.1) is 0 Å². The van der Waals surface area contributed by atoms with Crippen molar-refractivity contribution in [2.24, 2.45) is 0 Å². The molecule has 8 heteroatoms. The van der Waals surface area contributed by atoms with E-state index in [1.807, 2.05) is 61.0 Å². The van der Waals surface area contributed by atoms with Gasteiger partial charge in [-0.25, -0.2) is 0 Å². The highest BCUT2D eigenvalue weighted by molar-refractivity contribution is 9.10. The first-order valence-corrected chi connectivity index (χ1v) is 12.0. The van der Waals surface area contributed by atoms with Gasteiger partial charge in [0.25, 0.3) is 11.5 Å². The van der Waals surface area contributed by atoms with Crippen LogP contribution in [0.1, 0.15) is 34.1 Å². The van der Waals surface area contributed by atoms with Crippen LogP contribution in [0.5, 0.6) is 0 Å². The predicted octanol–water partition coefficient (Wildman–Crippen LogP) is 2.94. The normalized spacial score (nSPS) is 17.7. The molecular formula is C25H32BrN5O2. The number of carbonyl (C=O) groups excluding carboxylic acids is 1. The largest absolute Gasteiger partial charge is 0.346 e. The fourth-order valence-corrected chi connectivity index (χ4v) is 5.05. The van der Waals surface area contributed by atoms with Gasteiger partial charge in [-0.3, -0.25) is 14.5 Å². The third kappa shape index (κ3) is 4.78. The Morgan fingerprint density at radius 1 is 1.27 bits per heavy atom. The lowest BCUT2D eigenvalue weighted by atomic mass is 9.93. The standard InChI is InChI=1S/C25H32BrN5O2/c1-16-11-17(2)27-24(33)21(16)13-22(25(3,26)31-14-20(15-31)29(4)5)28-23(32)18-8-10-30-9-6-7-19(30)12-18/h6-12,20,22H,13-15H2,1-5H3,(H,27,33)(H,28,32). The van der Waals surface area contributed by atoms with Gasteiger partial charge in [0.05, 0.1) is 10.5 Å². The number of nitrogens with zero attached hydrogens (tertiary/aromatic N) is 3. The Hall–Kier alpha value is -2.42. The number of pyridine rings is 2. The molecule has 33 heavy (non-hydrogen) atoms. The maximum atomic E-state index is 13.3. The van der Waals surface area contributed by atoms with Crippen LogP contribution in [0.25, 0.3) is 5.52 Å². The molecule has 1 aliphatic heterocycles. The summed E-state index contributed by atoms with van der Waals surface area (Å²) in [5, 5.41) is 3.24. The van der Waals surface area contributed by atoms with Crippen LogP contribution in [0.15, 0.2) is 47.5 Å². The number of alkyl halides is 1. The quantitative estimate of drug-likeness (QED) is 0.376. The first-order chi connectivity index (χ1) is 15.6. The number of fused-ring (bicyclic) bond motifs is 1. The Bertz CT molecular complexity index is 1220. The van der Waals surface area contributed by atoms with E-state index in [0.717, 1.165) is 29.9 Å². The number of likely N-dealkylation sites (tertiary alicyclic amines) is 1. The van der Waals surface area contributed by atoms with E-state index in [1.165, 1.54) is 0 Å². The van der Waals surface area contributed by atoms with Crippen LogP contribution in [0, 0.1) is 13.8 Å². The molecule has 2 N–H and O–H groups in total. The van der Waals surface area contributed by atoms with Crippen molar-refractivity contribution in [2.75, 3.05) is 27.2 Å². The fraction of sp³-hybridized carbons (Fsp3) is 0.440. The number of halogens is 1. The number of likely N-dealkylation sites (N-methyl/N-ethyl adjacent to an activating group) is 1. The molecule has 0 aliphatic carbocycles. The van der Waals surface area contributed by atoms with Crippen LogP contribution in [0.2, 0.25) is 0 Å². The summed E-state index contributed by atoms with van der Waals surface area (Å²) in [4.78, 5) is 33.6. The minimum atomic E-state index is -0.516. The van der Waals surface area contributed by atoms with Gasteiger partial charge in [0.1, 0.15) is 0 Å². The van der Waals surface area contributed by atoms with Gasteiger partial charge in [0.2, 0.25) is 0 Å². The topological polar surface area (TPSA) is 72.9 Å². The van der Waals surface area contributed by atoms with Gasteiger partial charge < -0.3 is 19.6 Å². The van der Waals surface area contributed by atoms with E-state index in [2.05, 4.69) is 57.0 Å². The molecule has 0 spiro atoms. The highest BCUT2D eigenvalue weighted by Crippen LogP contribution is 2.34. The van der Waals surface area contributed by atoms with Crippen molar-refractivity contribution >= 4 is 27.4 Å². The highest BCUT2D eigenvalue weighted by atomic mass is 79.9. The van der Waals surface area contributed by atoms with E-state index in [9.17, 15) is 9.59 Å². The number of amides is 1. The first kappa shape index (κ1) is 23.7. The van der Waals surface area contributed by atoms with Gasteiger partial charge in [-0.1, -0.05) is 15.9 Å². The van der Waals surface area contributed by atoms with Gasteiger partial charge in [0.15, 0.2) is 0 Å². The molecule has 7 nitrogen and oxygen atoms in total. The fourth-order valence-electron chi connectivity index (χ4n) is 4.48. The molecule has 1 fully saturated rings. The van der Waals surface area contributed by atoms with Crippen molar-refractivity contribution in [3.05, 3.63) is 75.5 Å². The second-order valence-electron chi connectivity index (χ2n) is 9.48. The maximum absolute atomic E-state index is 13.3. The molecule has 2 unspecified atom stereocenters. The Balaban J connectivity index is 1.63. The van der Waals surface area contributed by atoms with Crippen molar-refractivity contribution in [3.8, 4) is 0 Å². The molecule has 4 heterocycles. The van der Waals surface area contributed by atoms with Gasteiger partial charge in [0, 0.05) is 60.3 Å². The number of H-pyrrole nitrogens is 1. The van der Waals surface area contributed by atoms with Crippen LogP contribution in [-0.2, 0) is 6.42 Å². The van der Waals surface area contributed by atoms with Gasteiger partial charge >= 0.3 is 0 Å². The zero-order valence-corrected chi connectivity index (χ0v) is 21.4. The predicted molar refractivity (Wildman–Crippen MR) is 135 cm³/mol. The Labute approximate surface area is 202 Å². The van der Waals surface area contributed by atoms with E-state index in [-0.39, 0.29) is 17.5 Å². The van der Waals surface area contributed by atoms with Crippen LogP contribution in [-0.4, -0.2) is 68.8 Å². The van der Waals surface area contributed by atoms with E-state index in [1.54, 1.807) is 0 Å². The number of hydrogen-bond acceptors (Lipinski definition) is 4. The average Bonchev–Trinajstić information content (AvgIpc) is 3.15. The molecule has 0 bridgehead atoms. The molecule has 2 atom stereocenters. The first-order valence-electron chi connectivity index (χ1n) is 11.2. The summed E-state index contributed by atoms with van der Waals surface area (Å²) in [7, 11) is 4.17. The number of rotatable bonds is 7. The minimum absolute atomic E-state index is 0.0977. The monoisotopic (exact) mass is 513 g/mol. The molecule has 1 amide bonds. The summed E-state index contributed by atoms with van der Waals surface area (Å²) in [6.07, 6.45) is 4.26. The molecule has 3 aromatic rings. The molecule has 3 aromatic heterocycles. The van der Waals surface area contributed by atoms with Crippen molar-refractivity contribution in [1.29, 1.82) is 0 Å². The van der Waals surface area contributed by atoms with E-state index < -0.39 is 4.45 Å². The van der Waals surface area contributed by atoms with E-state index >= 15 is 0 Å². The van der Waals surface area contributed by atoms with Crippen molar-refractivity contribution in [3.63, 3.8) is 0 Å². The number of aromatic amines is 1. The van der Waals surface area contributed by atoms with Crippen molar-refractivity contribution in [1.82, 2.24) is 24.5 Å². The molecule has 0 aromatic carbocycles. The number of nitrogens with one attached hydrogen (secondary N) is 2. The Morgan fingerprint density at radius 2 is 2.00 bits per heavy atom. The minimum Gasteiger partial charge on any atom is -0.346 e. The van der Waals surface area contributed by atoms with Crippen LogP contribution >= 0.6 is 15.9 Å². The highest BCUT2D eigenvalue weighted by Gasteiger charge is 2.45. The van der Waals surface area contributed by atoms with Crippen LogP contribution in [0.4, 0.5) is 0 Å². The Morgan fingerprint density at radius 3 is 2.67 bits per heavy atom. The van der Waals surface area contributed by atoms with E-state index in [0.29, 0.717) is 23.6 Å². The lowest BCUT2D eigenvalue weighted by Gasteiger charge is -2.52. The third-order valence-electron chi connectivity index (χ3n) is 6.85. The molecular weight excluding hydrogens is 482 g/mol. The lowest BCUT2D eigenvalue weighted by molar-refractivity contribution is 0.00789. The molecule has 0 radical (unpaired) electrons. The zero-order chi connectivity index (χ0) is 23.9. The number of aryl methyl sites for hydroxylation is 2. The van der Waals surface area contributed by atoms with E-state index in [4.69, 9.17) is 0 Å². The Kier molecular flexibility index (Phi) is 6.53. The zero-order valence-electron chi connectivity index (χ0n) is 19.9. The number of aromatic nitrogens is 2.